The number of carbonyl (C=O) groups excluding carboxylic acids is 1. The molecule has 2 N–H and O–H groups in total. The van der Waals surface area contributed by atoms with Crippen LogP contribution in [0.25, 0.3) is 10.9 Å². The zero-order chi connectivity index (χ0) is 23.3. The number of amides is 1. The largest absolute Gasteiger partial charge is 0.493 e. The number of fused-ring (bicyclic) bond motifs is 1. The summed E-state index contributed by atoms with van der Waals surface area (Å²) in [7, 11) is 1.50. The van der Waals surface area contributed by atoms with Crippen LogP contribution in [-0.4, -0.2) is 35.5 Å². The van der Waals surface area contributed by atoms with E-state index in [1.54, 1.807) is 30.5 Å². The number of carbonyl (C=O) groups is 1. The van der Waals surface area contributed by atoms with Crippen LogP contribution in [0.4, 0.5) is 0 Å². The van der Waals surface area contributed by atoms with Gasteiger partial charge in [0.25, 0.3) is 11.5 Å². The lowest BCUT2D eigenvalue weighted by Gasteiger charge is -2.15. The number of primary amides is 1. The number of rotatable bonds is 9. The van der Waals surface area contributed by atoms with E-state index in [1.165, 1.54) is 11.8 Å². The maximum absolute atomic E-state index is 13.1. The van der Waals surface area contributed by atoms with Crippen molar-refractivity contribution in [2.75, 3.05) is 13.7 Å². The first-order valence-electron chi connectivity index (χ1n) is 9.86. The molecule has 2 aromatic carbocycles. The predicted molar refractivity (Wildman–Crippen MR) is 128 cm³/mol. The molecule has 3 aromatic rings. The number of allylic oxidation sites excluding steroid dienone is 1. The van der Waals surface area contributed by atoms with Crippen LogP contribution in [0.5, 0.6) is 11.5 Å². The van der Waals surface area contributed by atoms with Crippen LogP contribution in [0, 0.1) is 0 Å². The normalized spacial score (nSPS) is 11.1. The number of aryl methyl sites for hydroxylation is 1. The summed E-state index contributed by atoms with van der Waals surface area (Å²) in [4.78, 5) is 28.8. The molecule has 0 atom stereocenters. The van der Waals surface area contributed by atoms with E-state index in [-0.39, 0.29) is 12.2 Å². The summed E-state index contributed by atoms with van der Waals surface area (Å²) in [6, 6.07) is 8.90. The molecule has 166 valence electrons. The monoisotopic (exact) mass is 498 g/mol. The summed E-state index contributed by atoms with van der Waals surface area (Å²) < 4.78 is 13.1. The van der Waals surface area contributed by atoms with Crippen LogP contribution in [-0.2, 0) is 17.6 Å². The van der Waals surface area contributed by atoms with Crippen LogP contribution >= 0.6 is 15.9 Å². The van der Waals surface area contributed by atoms with Crippen molar-refractivity contribution in [1.82, 2.24) is 9.66 Å². The van der Waals surface area contributed by atoms with Gasteiger partial charge in [-0.1, -0.05) is 28.9 Å². The second kappa shape index (κ2) is 10.2. The van der Waals surface area contributed by atoms with Crippen LogP contribution < -0.4 is 20.8 Å². The van der Waals surface area contributed by atoms with E-state index in [4.69, 9.17) is 15.2 Å². The summed E-state index contributed by atoms with van der Waals surface area (Å²) in [6.07, 6.45) is 4.26. The Hall–Kier alpha value is -3.46. The molecule has 0 aliphatic heterocycles. The second-order valence-electron chi connectivity index (χ2n) is 6.86. The number of benzene rings is 2. The van der Waals surface area contributed by atoms with E-state index >= 15 is 0 Å². The molecular weight excluding hydrogens is 476 g/mol. The number of hydrogen-bond donors (Lipinski definition) is 1. The van der Waals surface area contributed by atoms with Gasteiger partial charge >= 0.3 is 0 Å². The molecule has 1 amide bonds. The fraction of sp³-hybridized carbons (Fsp3) is 0.217. The second-order valence-corrected chi connectivity index (χ2v) is 7.78. The average molecular weight is 499 g/mol. The van der Waals surface area contributed by atoms with E-state index in [0.717, 1.165) is 10.0 Å². The summed E-state index contributed by atoms with van der Waals surface area (Å²) >= 11 is 3.39. The Morgan fingerprint density at radius 3 is 2.78 bits per heavy atom. The molecule has 0 fully saturated rings. The number of halogens is 1. The first-order valence-corrected chi connectivity index (χ1v) is 10.7. The van der Waals surface area contributed by atoms with Crippen molar-refractivity contribution in [2.45, 2.75) is 19.8 Å². The van der Waals surface area contributed by atoms with Crippen molar-refractivity contribution in [3.8, 4) is 11.5 Å². The molecule has 1 heterocycles. The van der Waals surface area contributed by atoms with Gasteiger partial charge in [0.1, 0.15) is 5.82 Å². The molecule has 1 aromatic heterocycles. The van der Waals surface area contributed by atoms with Gasteiger partial charge in [0, 0.05) is 16.5 Å². The lowest BCUT2D eigenvalue weighted by Crippen LogP contribution is -2.22. The molecule has 8 nitrogen and oxygen atoms in total. The highest BCUT2D eigenvalue weighted by Gasteiger charge is 2.14. The standard InChI is InChI=1S/C23H23BrN4O4/c1-4-6-15-9-14(10-19(31-3)22(15)32-13-20(25)29)12-26-28-21(5-2)27-18-8-7-16(24)11-17(18)23(28)30/h4,7-12H,1,5-6,13H2,2-3H3,(H2,25,29). The van der Waals surface area contributed by atoms with Crippen LogP contribution in [0.15, 0.2) is 57.4 Å². The summed E-state index contributed by atoms with van der Waals surface area (Å²) in [5.74, 6) is 0.771. The molecule has 0 spiro atoms. The van der Waals surface area contributed by atoms with Gasteiger partial charge in [-0.3, -0.25) is 9.59 Å². The van der Waals surface area contributed by atoms with Crippen molar-refractivity contribution < 1.29 is 14.3 Å². The third-order valence-electron chi connectivity index (χ3n) is 4.61. The number of nitrogens with two attached hydrogens (primary N) is 1. The molecule has 9 heteroatoms. The average Bonchev–Trinajstić information content (AvgIpc) is 2.77. The number of hydrogen-bond acceptors (Lipinski definition) is 6. The Balaban J connectivity index is 2.09. The molecule has 32 heavy (non-hydrogen) atoms. The summed E-state index contributed by atoms with van der Waals surface area (Å²) in [5.41, 5.74) is 6.97. The van der Waals surface area contributed by atoms with Gasteiger partial charge in [-0.2, -0.15) is 9.78 Å². The van der Waals surface area contributed by atoms with Crippen molar-refractivity contribution >= 4 is 39.0 Å². The summed E-state index contributed by atoms with van der Waals surface area (Å²) in [6.45, 7) is 5.40. The third kappa shape index (κ3) is 5.05. The lowest BCUT2D eigenvalue weighted by molar-refractivity contribution is -0.119. The van der Waals surface area contributed by atoms with Gasteiger partial charge in [-0.05, 0) is 42.3 Å². The van der Waals surface area contributed by atoms with Crippen LogP contribution in [0.2, 0.25) is 0 Å². The highest BCUT2D eigenvalue weighted by Crippen LogP contribution is 2.33. The topological polar surface area (TPSA) is 109 Å². The van der Waals surface area contributed by atoms with Crippen molar-refractivity contribution in [2.24, 2.45) is 10.8 Å². The maximum Gasteiger partial charge on any atom is 0.282 e. The zero-order valence-corrected chi connectivity index (χ0v) is 19.4. The molecule has 0 bridgehead atoms. The Bertz CT molecular complexity index is 1270. The molecule has 0 saturated carbocycles. The lowest BCUT2D eigenvalue weighted by atomic mass is 10.1. The molecular formula is C23H23BrN4O4. The Morgan fingerprint density at radius 1 is 1.34 bits per heavy atom. The minimum atomic E-state index is -0.593. The highest BCUT2D eigenvalue weighted by molar-refractivity contribution is 9.10. The molecule has 0 aliphatic rings. The quantitative estimate of drug-likeness (QED) is 0.359. The third-order valence-corrected chi connectivity index (χ3v) is 5.10. The minimum Gasteiger partial charge on any atom is -0.493 e. The van der Waals surface area contributed by atoms with E-state index < -0.39 is 5.91 Å². The Morgan fingerprint density at radius 2 is 2.12 bits per heavy atom. The molecule has 0 aliphatic carbocycles. The number of ether oxygens (including phenoxy) is 2. The van der Waals surface area contributed by atoms with E-state index in [9.17, 15) is 9.59 Å². The van der Waals surface area contributed by atoms with E-state index in [2.05, 4.69) is 32.6 Å². The Kier molecular flexibility index (Phi) is 7.42. The molecule has 0 saturated heterocycles. The fourth-order valence-corrected chi connectivity index (χ4v) is 3.55. The van der Waals surface area contributed by atoms with Crippen molar-refractivity contribution in [1.29, 1.82) is 0 Å². The minimum absolute atomic E-state index is 0.260. The smallest absolute Gasteiger partial charge is 0.282 e. The van der Waals surface area contributed by atoms with E-state index in [1.807, 2.05) is 19.1 Å². The SMILES string of the molecule is C=CCc1cc(C=Nn2c(CC)nc3ccc(Br)cc3c2=O)cc(OC)c1OCC(N)=O. The van der Waals surface area contributed by atoms with Gasteiger partial charge in [0.15, 0.2) is 18.1 Å². The van der Waals surface area contributed by atoms with Gasteiger partial charge in [-0.15, -0.1) is 6.58 Å². The first-order chi connectivity index (χ1) is 15.4. The number of methoxy groups -OCH3 is 1. The summed E-state index contributed by atoms with van der Waals surface area (Å²) in [5, 5.41) is 4.88. The molecule has 0 radical (unpaired) electrons. The number of aromatic nitrogens is 2. The number of nitrogens with zero attached hydrogens (tertiary/aromatic N) is 3. The van der Waals surface area contributed by atoms with Gasteiger partial charge in [-0.25, -0.2) is 4.98 Å². The maximum atomic E-state index is 13.1. The van der Waals surface area contributed by atoms with Crippen molar-refractivity contribution in [3.05, 3.63) is 74.8 Å². The predicted octanol–water partition coefficient (Wildman–Crippen LogP) is 3.20. The van der Waals surface area contributed by atoms with Gasteiger partial charge in [0.05, 0.1) is 24.2 Å². The fourth-order valence-electron chi connectivity index (χ4n) is 3.19. The van der Waals surface area contributed by atoms with Crippen LogP contribution in [0.3, 0.4) is 0 Å². The van der Waals surface area contributed by atoms with E-state index in [0.29, 0.717) is 46.6 Å². The molecule has 0 unspecified atom stereocenters. The van der Waals surface area contributed by atoms with Gasteiger partial charge < -0.3 is 15.2 Å². The highest BCUT2D eigenvalue weighted by atomic mass is 79.9. The Labute approximate surface area is 193 Å². The zero-order valence-electron chi connectivity index (χ0n) is 17.8. The van der Waals surface area contributed by atoms with Crippen LogP contribution in [0.1, 0.15) is 23.9 Å². The molecule has 3 rings (SSSR count). The van der Waals surface area contributed by atoms with Crippen molar-refractivity contribution in [3.63, 3.8) is 0 Å². The first kappa shape index (κ1) is 23.2. The van der Waals surface area contributed by atoms with Gasteiger partial charge in [0.2, 0.25) is 0 Å².